The first-order valence-electron chi connectivity index (χ1n) is 10.7. The van der Waals surface area contributed by atoms with Crippen molar-refractivity contribution >= 4 is 46.7 Å². The van der Waals surface area contributed by atoms with E-state index in [-0.39, 0.29) is 24.3 Å². The van der Waals surface area contributed by atoms with Gasteiger partial charge in [-0.2, -0.15) is 0 Å². The minimum Gasteiger partial charge on any atom is -0.462 e. The Bertz CT molecular complexity index is 1110. The maximum Gasteiger partial charge on any atom is 0.338 e. The molecule has 1 N–H and O–H groups in total. The summed E-state index contributed by atoms with van der Waals surface area (Å²) in [4.78, 5) is 36.1. The Kier molecular flexibility index (Phi) is 7.64. The van der Waals surface area contributed by atoms with E-state index in [1.165, 1.54) is 0 Å². The average molecular weight is 455 g/mol. The van der Waals surface area contributed by atoms with Crippen LogP contribution in [0.5, 0.6) is 0 Å². The summed E-state index contributed by atoms with van der Waals surface area (Å²) in [6.07, 6.45) is 4.80. The summed E-state index contributed by atoms with van der Waals surface area (Å²) in [5, 5.41) is 4.15. The van der Waals surface area contributed by atoms with Gasteiger partial charge in [0.1, 0.15) is 0 Å². The zero-order valence-corrected chi connectivity index (χ0v) is 19.1. The molecule has 8 heteroatoms. The molecule has 1 fully saturated rings. The molecule has 3 heterocycles. The number of ether oxygens (including phenoxy) is 1. The van der Waals surface area contributed by atoms with Gasteiger partial charge in [-0.1, -0.05) is 0 Å². The van der Waals surface area contributed by atoms with Crippen LogP contribution in [0.25, 0.3) is 11.0 Å². The number of carbonyl (C=O) groups is 2. The van der Waals surface area contributed by atoms with Crippen molar-refractivity contribution in [3.05, 3.63) is 59.4 Å². The predicted octanol–water partition coefficient (Wildman–Crippen LogP) is 4.91. The number of piperidine rings is 1. The monoisotopic (exact) mass is 454 g/mol. The fraction of sp³-hybridized carbons (Fsp3) is 0.333. The van der Waals surface area contributed by atoms with Crippen LogP contribution < -0.4 is 5.32 Å². The quantitative estimate of drug-likeness (QED) is 0.551. The number of esters is 1. The number of fused-ring (bicyclic) bond motifs is 1. The second kappa shape index (κ2) is 10.4. The molecule has 1 amide bonds. The number of hydrogen-bond acceptors (Lipinski definition) is 6. The number of nitrogens with one attached hydrogen (secondary N) is 1. The lowest BCUT2D eigenvalue weighted by Crippen LogP contribution is -2.36. The van der Waals surface area contributed by atoms with Gasteiger partial charge in [-0.25, -0.2) is 14.8 Å². The molecule has 0 aliphatic carbocycles. The van der Waals surface area contributed by atoms with Crippen molar-refractivity contribution in [3.8, 4) is 0 Å². The third kappa shape index (κ3) is 4.99. The molecule has 168 valence electrons. The Balaban J connectivity index is 0.00000289. The number of nitrogens with zero attached hydrogens (tertiary/aromatic N) is 3. The van der Waals surface area contributed by atoms with Crippen molar-refractivity contribution < 1.29 is 14.3 Å². The molecule has 0 radical (unpaired) electrons. The number of benzene rings is 1. The maximum atomic E-state index is 13.3. The van der Waals surface area contributed by atoms with Gasteiger partial charge in [0, 0.05) is 36.1 Å². The average Bonchev–Trinajstić information content (AvgIpc) is 2.80. The molecule has 1 saturated heterocycles. The van der Waals surface area contributed by atoms with Gasteiger partial charge in [0.25, 0.3) is 5.91 Å². The number of aryl methyl sites for hydroxylation is 1. The fourth-order valence-electron chi connectivity index (χ4n) is 3.78. The van der Waals surface area contributed by atoms with Crippen molar-refractivity contribution in [2.45, 2.75) is 33.1 Å². The summed E-state index contributed by atoms with van der Waals surface area (Å²) >= 11 is 0. The smallest absolute Gasteiger partial charge is 0.338 e. The summed E-state index contributed by atoms with van der Waals surface area (Å²) in [7, 11) is 0. The first-order valence-corrected chi connectivity index (χ1v) is 10.7. The van der Waals surface area contributed by atoms with E-state index in [2.05, 4.69) is 15.3 Å². The summed E-state index contributed by atoms with van der Waals surface area (Å²) in [6, 6.07) is 10.9. The number of halogens is 1. The Hall–Kier alpha value is -3.19. The molecule has 0 atom stereocenters. The van der Waals surface area contributed by atoms with E-state index in [4.69, 9.17) is 4.74 Å². The van der Waals surface area contributed by atoms with Crippen LogP contribution in [0, 0.1) is 6.92 Å². The van der Waals surface area contributed by atoms with Gasteiger partial charge in [0.15, 0.2) is 5.65 Å². The highest BCUT2D eigenvalue weighted by Gasteiger charge is 2.23. The Morgan fingerprint density at radius 1 is 1.06 bits per heavy atom. The SMILES string of the molecule is CCOC(=O)c1ccc(Nc2c(C(=O)N3CCCCC3)cnc3nc(C)ccc23)cc1.Cl. The normalized spacial score (nSPS) is 13.4. The van der Waals surface area contributed by atoms with E-state index in [9.17, 15) is 9.59 Å². The Morgan fingerprint density at radius 3 is 2.47 bits per heavy atom. The summed E-state index contributed by atoms with van der Waals surface area (Å²) in [5.74, 6) is -0.385. The second-order valence-electron chi connectivity index (χ2n) is 7.65. The lowest BCUT2D eigenvalue weighted by Gasteiger charge is -2.27. The minimum absolute atomic E-state index is 0. The largest absolute Gasteiger partial charge is 0.462 e. The number of amides is 1. The molecule has 1 aliphatic heterocycles. The summed E-state index contributed by atoms with van der Waals surface area (Å²) in [5.41, 5.74) is 3.88. The van der Waals surface area contributed by atoms with Crippen LogP contribution in [-0.4, -0.2) is 46.4 Å². The number of rotatable bonds is 5. The predicted molar refractivity (Wildman–Crippen MR) is 127 cm³/mol. The highest BCUT2D eigenvalue weighted by atomic mass is 35.5. The first-order chi connectivity index (χ1) is 15.1. The van der Waals surface area contributed by atoms with Gasteiger partial charge in [-0.3, -0.25) is 4.79 Å². The zero-order valence-electron chi connectivity index (χ0n) is 18.3. The lowest BCUT2D eigenvalue weighted by atomic mass is 10.1. The van der Waals surface area contributed by atoms with Gasteiger partial charge in [0.05, 0.1) is 23.4 Å². The van der Waals surface area contributed by atoms with Gasteiger partial charge in [-0.15, -0.1) is 12.4 Å². The molecule has 4 rings (SSSR count). The molecular formula is C24H27ClN4O3. The topological polar surface area (TPSA) is 84.4 Å². The number of pyridine rings is 2. The van der Waals surface area contributed by atoms with Gasteiger partial charge >= 0.3 is 5.97 Å². The number of carbonyl (C=O) groups excluding carboxylic acids is 2. The molecule has 0 bridgehead atoms. The van der Waals surface area contributed by atoms with Crippen LogP contribution in [0.3, 0.4) is 0 Å². The number of likely N-dealkylation sites (tertiary alicyclic amines) is 1. The number of aromatic nitrogens is 2. The number of anilines is 2. The molecule has 0 saturated carbocycles. The highest BCUT2D eigenvalue weighted by Crippen LogP contribution is 2.30. The third-order valence-electron chi connectivity index (χ3n) is 5.41. The van der Waals surface area contributed by atoms with Crippen LogP contribution in [0.1, 0.15) is 52.6 Å². The zero-order chi connectivity index (χ0) is 21.8. The van der Waals surface area contributed by atoms with E-state index in [0.29, 0.717) is 29.1 Å². The van der Waals surface area contributed by atoms with Crippen LogP contribution >= 0.6 is 12.4 Å². The molecule has 1 aromatic carbocycles. The molecule has 0 spiro atoms. The van der Waals surface area contributed by atoms with Crippen molar-refractivity contribution in [1.29, 1.82) is 0 Å². The lowest BCUT2D eigenvalue weighted by molar-refractivity contribution is 0.0526. The molecule has 0 unspecified atom stereocenters. The summed E-state index contributed by atoms with van der Waals surface area (Å²) < 4.78 is 5.05. The third-order valence-corrected chi connectivity index (χ3v) is 5.41. The number of hydrogen-bond donors (Lipinski definition) is 1. The van der Waals surface area contributed by atoms with Crippen LogP contribution in [0.2, 0.25) is 0 Å². The highest BCUT2D eigenvalue weighted by molar-refractivity contribution is 6.07. The molecule has 2 aromatic heterocycles. The van der Waals surface area contributed by atoms with E-state index in [1.54, 1.807) is 37.4 Å². The van der Waals surface area contributed by atoms with Gasteiger partial charge < -0.3 is 15.0 Å². The van der Waals surface area contributed by atoms with Crippen molar-refractivity contribution in [2.75, 3.05) is 25.0 Å². The first kappa shape index (κ1) is 23.5. The standard InChI is InChI=1S/C24H26N4O3.ClH/c1-3-31-24(30)17-8-10-18(11-9-17)27-21-19-12-7-16(2)26-22(19)25-15-20(21)23(29)28-13-5-4-6-14-28;/h7-12,15H,3-6,13-14H2,1-2H3,(H,25,26,27);1H. The Morgan fingerprint density at radius 2 is 1.78 bits per heavy atom. The fourth-order valence-corrected chi connectivity index (χ4v) is 3.78. The van der Waals surface area contributed by atoms with E-state index in [0.717, 1.165) is 49.1 Å². The van der Waals surface area contributed by atoms with Gasteiger partial charge in [0.2, 0.25) is 0 Å². The van der Waals surface area contributed by atoms with Crippen molar-refractivity contribution in [2.24, 2.45) is 0 Å². The van der Waals surface area contributed by atoms with Crippen molar-refractivity contribution in [3.63, 3.8) is 0 Å². The van der Waals surface area contributed by atoms with E-state index < -0.39 is 0 Å². The maximum absolute atomic E-state index is 13.3. The molecule has 1 aliphatic rings. The van der Waals surface area contributed by atoms with Gasteiger partial charge in [-0.05, 0) is 69.5 Å². The van der Waals surface area contributed by atoms with Crippen molar-refractivity contribution in [1.82, 2.24) is 14.9 Å². The minimum atomic E-state index is -0.357. The Labute approximate surface area is 193 Å². The van der Waals surface area contributed by atoms with E-state index >= 15 is 0 Å². The van der Waals surface area contributed by atoms with Crippen LogP contribution in [-0.2, 0) is 4.74 Å². The molecule has 3 aromatic rings. The molecule has 7 nitrogen and oxygen atoms in total. The van der Waals surface area contributed by atoms with Crippen LogP contribution in [0.15, 0.2) is 42.6 Å². The molecular weight excluding hydrogens is 428 g/mol. The second-order valence-corrected chi connectivity index (χ2v) is 7.65. The summed E-state index contributed by atoms with van der Waals surface area (Å²) in [6.45, 7) is 5.54. The van der Waals surface area contributed by atoms with E-state index in [1.807, 2.05) is 24.0 Å². The van der Waals surface area contributed by atoms with Crippen LogP contribution in [0.4, 0.5) is 11.4 Å². The molecule has 32 heavy (non-hydrogen) atoms.